The molecule has 0 aliphatic carbocycles. The van der Waals surface area contributed by atoms with Gasteiger partial charge in [-0.3, -0.25) is 9.69 Å². The molecule has 0 saturated carbocycles. The molecule has 1 aliphatic rings. The number of thiocarbonyl (C=S) groups is 1. The van der Waals surface area contributed by atoms with Crippen LogP contribution in [0.25, 0.3) is 17.0 Å². The number of aryl methyl sites for hydroxylation is 1. The van der Waals surface area contributed by atoms with Gasteiger partial charge in [-0.1, -0.05) is 48.2 Å². The van der Waals surface area contributed by atoms with Gasteiger partial charge in [0, 0.05) is 12.4 Å². The summed E-state index contributed by atoms with van der Waals surface area (Å²) in [6, 6.07) is 10.0. The van der Waals surface area contributed by atoms with E-state index in [4.69, 9.17) is 12.2 Å². The van der Waals surface area contributed by atoms with E-state index in [2.05, 4.69) is 4.98 Å². The molecule has 0 spiro atoms. The number of hydrogen-bond donors (Lipinski definition) is 0. The summed E-state index contributed by atoms with van der Waals surface area (Å²) in [6.07, 6.45) is 1.80. The van der Waals surface area contributed by atoms with Gasteiger partial charge in [0.2, 0.25) is 0 Å². The molecule has 20 heavy (non-hydrogen) atoms. The lowest BCUT2D eigenvalue weighted by Crippen LogP contribution is -2.22. The number of carbonyl (C=O) groups is 1. The lowest BCUT2D eigenvalue weighted by Gasteiger charge is -2.04. The molecule has 0 atom stereocenters. The summed E-state index contributed by atoms with van der Waals surface area (Å²) in [6.45, 7) is 2.03. The third-order valence-electron chi connectivity index (χ3n) is 3.21. The van der Waals surface area contributed by atoms with Crippen LogP contribution >= 0.6 is 24.0 Å². The lowest BCUT2D eigenvalue weighted by atomic mass is 10.1. The van der Waals surface area contributed by atoms with E-state index in [1.54, 1.807) is 13.1 Å². The highest BCUT2D eigenvalue weighted by molar-refractivity contribution is 8.26. The Bertz CT molecular complexity index is 768. The summed E-state index contributed by atoms with van der Waals surface area (Å²) < 4.78 is 0.582. The van der Waals surface area contributed by atoms with Crippen molar-refractivity contribution in [2.45, 2.75) is 6.92 Å². The zero-order chi connectivity index (χ0) is 14.3. The molecule has 2 heterocycles. The summed E-state index contributed by atoms with van der Waals surface area (Å²) >= 11 is 6.43. The van der Waals surface area contributed by atoms with Crippen LogP contribution in [0.15, 0.2) is 35.2 Å². The number of hydrogen-bond acceptors (Lipinski definition) is 4. The molecule has 3 rings (SSSR count). The first-order valence-corrected chi connectivity index (χ1v) is 7.36. The fraction of sp³-hybridized carbons (Fsp3) is 0.133. The summed E-state index contributed by atoms with van der Waals surface area (Å²) in [4.78, 5) is 18.7. The van der Waals surface area contributed by atoms with E-state index in [1.807, 2.05) is 37.3 Å². The van der Waals surface area contributed by atoms with Crippen LogP contribution < -0.4 is 0 Å². The van der Waals surface area contributed by atoms with Gasteiger partial charge in [0.05, 0.1) is 16.1 Å². The van der Waals surface area contributed by atoms with Crippen molar-refractivity contribution in [1.82, 2.24) is 9.88 Å². The second-order valence-corrected chi connectivity index (χ2v) is 6.30. The summed E-state index contributed by atoms with van der Waals surface area (Å²) in [5.74, 6) is -0.0633. The molecule has 1 saturated heterocycles. The third-order valence-corrected chi connectivity index (χ3v) is 4.69. The molecule has 3 nitrogen and oxygen atoms in total. The van der Waals surface area contributed by atoms with Gasteiger partial charge in [0.15, 0.2) is 0 Å². The molecule has 100 valence electrons. The van der Waals surface area contributed by atoms with E-state index < -0.39 is 0 Å². The quantitative estimate of drug-likeness (QED) is 0.597. The van der Waals surface area contributed by atoms with Gasteiger partial charge in [0.1, 0.15) is 4.32 Å². The number of carbonyl (C=O) groups excluding carboxylic acids is 1. The molecule has 0 bridgehead atoms. The Morgan fingerprint density at radius 2 is 2.10 bits per heavy atom. The molecule has 1 aromatic carbocycles. The van der Waals surface area contributed by atoms with Crippen molar-refractivity contribution in [1.29, 1.82) is 0 Å². The van der Waals surface area contributed by atoms with E-state index in [0.717, 1.165) is 22.2 Å². The smallest absolute Gasteiger partial charge is 0.265 e. The van der Waals surface area contributed by atoms with Crippen molar-refractivity contribution in [3.63, 3.8) is 0 Å². The van der Waals surface area contributed by atoms with Gasteiger partial charge >= 0.3 is 0 Å². The lowest BCUT2D eigenvalue weighted by molar-refractivity contribution is -0.121. The maximum atomic E-state index is 12.0. The molecular weight excluding hydrogens is 288 g/mol. The van der Waals surface area contributed by atoms with E-state index in [0.29, 0.717) is 9.23 Å². The van der Waals surface area contributed by atoms with Crippen LogP contribution in [0.3, 0.4) is 0 Å². The Labute approximate surface area is 126 Å². The minimum Gasteiger partial charge on any atom is -0.296 e. The van der Waals surface area contributed by atoms with E-state index in [-0.39, 0.29) is 5.91 Å². The number of rotatable bonds is 1. The molecule has 1 fully saturated rings. The van der Waals surface area contributed by atoms with Gasteiger partial charge in [-0.05, 0) is 24.6 Å². The monoisotopic (exact) mass is 300 g/mol. The Morgan fingerprint density at radius 1 is 1.30 bits per heavy atom. The number of para-hydroxylation sites is 1. The molecule has 0 N–H and O–H groups in total. The summed E-state index contributed by atoms with van der Waals surface area (Å²) in [5.41, 5.74) is 2.87. The fourth-order valence-electron chi connectivity index (χ4n) is 2.07. The standard InChI is InChI=1S/C15H12N2OS2/c1-9-4-3-5-10-6-7-11(16-13(9)10)8-12-14(18)17(2)15(19)20-12/h3-8H,1-2H3/b12-8+. The molecular formula is C15H12N2OS2. The Morgan fingerprint density at radius 3 is 2.80 bits per heavy atom. The highest BCUT2D eigenvalue weighted by Crippen LogP contribution is 2.31. The highest BCUT2D eigenvalue weighted by Gasteiger charge is 2.28. The zero-order valence-corrected chi connectivity index (χ0v) is 12.7. The number of thioether (sulfide) groups is 1. The van der Waals surface area contributed by atoms with Gasteiger partial charge in [0.25, 0.3) is 5.91 Å². The second-order valence-electron chi connectivity index (χ2n) is 4.62. The van der Waals surface area contributed by atoms with Crippen molar-refractivity contribution in [3.05, 3.63) is 46.5 Å². The maximum absolute atomic E-state index is 12.0. The van der Waals surface area contributed by atoms with Crippen LogP contribution in [0.4, 0.5) is 0 Å². The van der Waals surface area contributed by atoms with Crippen LogP contribution in [-0.2, 0) is 4.79 Å². The Kier molecular flexibility index (Phi) is 3.31. The van der Waals surface area contributed by atoms with Crippen molar-refractivity contribution >= 4 is 51.2 Å². The molecule has 1 amide bonds. The van der Waals surface area contributed by atoms with Crippen LogP contribution in [0.1, 0.15) is 11.3 Å². The number of likely N-dealkylation sites (N-methyl/N-ethyl adjacent to an activating group) is 1. The fourth-order valence-corrected chi connectivity index (χ4v) is 3.23. The number of nitrogens with zero attached hydrogens (tertiary/aromatic N) is 2. The van der Waals surface area contributed by atoms with Crippen molar-refractivity contribution in [3.8, 4) is 0 Å². The average Bonchev–Trinajstić information content (AvgIpc) is 2.67. The van der Waals surface area contributed by atoms with Crippen LogP contribution in [0, 0.1) is 6.92 Å². The number of fused-ring (bicyclic) bond motifs is 1. The Balaban J connectivity index is 2.06. The van der Waals surface area contributed by atoms with Crippen LogP contribution in [-0.4, -0.2) is 27.2 Å². The molecule has 1 aromatic heterocycles. The minimum absolute atomic E-state index is 0.0633. The molecule has 0 radical (unpaired) electrons. The second kappa shape index (κ2) is 5.00. The van der Waals surface area contributed by atoms with Gasteiger partial charge in [-0.25, -0.2) is 4.98 Å². The third kappa shape index (κ3) is 2.23. The van der Waals surface area contributed by atoms with Crippen molar-refractivity contribution < 1.29 is 4.79 Å². The Hall–Kier alpha value is -1.72. The summed E-state index contributed by atoms with van der Waals surface area (Å²) in [7, 11) is 1.69. The normalized spacial score (nSPS) is 17.5. The predicted octanol–water partition coefficient (Wildman–Crippen LogP) is 3.37. The average molecular weight is 300 g/mol. The molecule has 5 heteroatoms. The molecule has 1 aliphatic heterocycles. The van der Waals surface area contributed by atoms with Gasteiger partial charge in [-0.15, -0.1) is 0 Å². The van der Waals surface area contributed by atoms with Gasteiger partial charge in [-0.2, -0.15) is 0 Å². The topological polar surface area (TPSA) is 33.2 Å². The van der Waals surface area contributed by atoms with E-state index in [9.17, 15) is 4.79 Å². The number of amides is 1. The first kappa shape index (κ1) is 13.3. The largest absolute Gasteiger partial charge is 0.296 e. The van der Waals surface area contributed by atoms with Crippen LogP contribution in [0.2, 0.25) is 0 Å². The van der Waals surface area contributed by atoms with E-state index in [1.165, 1.54) is 16.7 Å². The SMILES string of the molecule is Cc1cccc2ccc(/C=C3/SC(=S)N(C)C3=O)nc12. The van der Waals surface area contributed by atoms with Gasteiger partial charge < -0.3 is 0 Å². The van der Waals surface area contributed by atoms with Crippen LogP contribution in [0.5, 0.6) is 0 Å². The first-order valence-electron chi connectivity index (χ1n) is 6.14. The minimum atomic E-state index is -0.0633. The molecule has 0 unspecified atom stereocenters. The number of aromatic nitrogens is 1. The predicted molar refractivity (Wildman–Crippen MR) is 87.4 cm³/mol. The number of benzene rings is 1. The van der Waals surface area contributed by atoms with Crippen molar-refractivity contribution in [2.24, 2.45) is 0 Å². The zero-order valence-electron chi connectivity index (χ0n) is 11.1. The van der Waals surface area contributed by atoms with Crippen molar-refractivity contribution in [2.75, 3.05) is 7.05 Å². The highest BCUT2D eigenvalue weighted by atomic mass is 32.2. The first-order chi connectivity index (χ1) is 9.56. The molecule has 2 aromatic rings. The maximum Gasteiger partial charge on any atom is 0.265 e. The number of pyridine rings is 1. The van der Waals surface area contributed by atoms with E-state index >= 15 is 0 Å². The summed E-state index contributed by atoms with van der Waals surface area (Å²) in [5, 5.41) is 1.10.